The van der Waals surface area contributed by atoms with Crippen LogP contribution in [0.5, 0.6) is 0 Å². The Labute approximate surface area is 123 Å². The monoisotopic (exact) mass is 304 g/mol. The van der Waals surface area contributed by atoms with Crippen molar-refractivity contribution in [1.29, 1.82) is 0 Å². The molecule has 0 unspecified atom stereocenters. The highest BCUT2D eigenvalue weighted by atomic mass is 32.2. The largest absolute Gasteiger partial charge is 0.399 e. The first-order valence-electron chi connectivity index (χ1n) is 6.34. The van der Waals surface area contributed by atoms with Crippen LogP contribution in [0.15, 0.2) is 54.6 Å². The highest BCUT2D eigenvalue weighted by molar-refractivity contribution is 7.91. The van der Waals surface area contributed by atoms with Crippen molar-refractivity contribution in [1.82, 2.24) is 0 Å². The Morgan fingerprint density at radius 3 is 2.24 bits per heavy atom. The quantitative estimate of drug-likeness (QED) is 0.825. The van der Waals surface area contributed by atoms with Gasteiger partial charge in [-0.15, -0.1) is 0 Å². The van der Waals surface area contributed by atoms with Crippen LogP contribution in [0.2, 0.25) is 0 Å². The maximum atomic E-state index is 12.0. The fraction of sp³-hybridized carbons (Fsp3) is 0.133. The molecule has 0 saturated carbocycles. The second-order valence-corrected chi connectivity index (χ2v) is 6.75. The van der Waals surface area contributed by atoms with Crippen molar-refractivity contribution in [3.63, 3.8) is 0 Å². The highest BCUT2D eigenvalue weighted by Gasteiger charge is 2.17. The predicted octanol–water partition coefficient (Wildman–Crippen LogP) is 1.82. The third-order valence-corrected chi connectivity index (χ3v) is 4.25. The molecule has 5 nitrogen and oxygen atoms in total. The van der Waals surface area contributed by atoms with E-state index in [-0.39, 0.29) is 5.75 Å². The van der Waals surface area contributed by atoms with Gasteiger partial charge in [0.15, 0.2) is 9.84 Å². The first-order valence-corrected chi connectivity index (χ1v) is 8.16. The fourth-order valence-electron chi connectivity index (χ4n) is 1.84. The Bertz CT molecular complexity index is 710. The maximum Gasteiger partial charge on any atom is 0.239 e. The zero-order chi connectivity index (χ0) is 15.3. The van der Waals surface area contributed by atoms with Crippen molar-refractivity contribution >= 4 is 27.1 Å². The molecule has 2 rings (SSSR count). The number of para-hydroxylation sites is 1. The van der Waals surface area contributed by atoms with Gasteiger partial charge in [-0.05, 0) is 29.8 Å². The molecule has 110 valence electrons. The zero-order valence-electron chi connectivity index (χ0n) is 11.3. The lowest BCUT2D eigenvalue weighted by atomic mass is 10.2. The van der Waals surface area contributed by atoms with Gasteiger partial charge in [-0.1, -0.05) is 30.3 Å². The van der Waals surface area contributed by atoms with E-state index in [1.165, 1.54) is 0 Å². The predicted molar refractivity (Wildman–Crippen MR) is 83.4 cm³/mol. The molecule has 21 heavy (non-hydrogen) atoms. The van der Waals surface area contributed by atoms with Crippen molar-refractivity contribution in [2.24, 2.45) is 0 Å². The molecule has 3 N–H and O–H groups in total. The normalized spacial score (nSPS) is 11.0. The van der Waals surface area contributed by atoms with Gasteiger partial charge in [0.05, 0.1) is 5.75 Å². The number of rotatable bonds is 5. The third-order valence-electron chi connectivity index (χ3n) is 2.77. The molecule has 6 heteroatoms. The van der Waals surface area contributed by atoms with Gasteiger partial charge in [-0.2, -0.15) is 0 Å². The van der Waals surface area contributed by atoms with E-state index in [0.717, 1.165) is 0 Å². The molecule has 1 amide bonds. The Balaban J connectivity index is 1.97. The summed E-state index contributed by atoms with van der Waals surface area (Å²) in [5.74, 6) is -1.28. The molecule has 0 aromatic heterocycles. The molecular weight excluding hydrogens is 288 g/mol. The minimum atomic E-state index is -3.52. The SMILES string of the molecule is Nc1ccc(CS(=O)(=O)CC(=O)Nc2ccccc2)cc1. The standard InChI is InChI=1S/C15H16N2O3S/c16-13-8-6-12(7-9-13)10-21(19,20)11-15(18)17-14-4-2-1-3-5-14/h1-9H,10-11,16H2,(H,17,18). The lowest BCUT2D eigenvalue weighted by Gasteiger charge is -2.06. The van der Waals surface area contributed by atoms with Crippen LogP contribution in [0.3, 0.4) is 0 Å². The van der Waals surface area contributed by atoms with Crippen LogP contribution in [0, 0.1) is 0 Å². The van der Waals surface area contributed by atoms with E-state index in [1.54, 1.807) is 48.5 Å². The number of nitrogens with two attached hydrogens (primary N) is 1. The first-order chi connectivity index (χ1) is 9.94. The maximum absolute atomic E-state index is 12.0. The summed E-state index contributed by atoms with van der Waals surface area (Å²) in [7, 11) is -3.52. The summed E-state index contributed by atoms with van der Waals surface area (Å²) in [6, 6.07) is 15.3. The lowest BCUT2D eigenvalue weighted by molar-refractivity contribution is -0.113. The molecule has 0 saturated heterocycles. The number of carbonyl (C=O) groups excluding carboxylic acids is 1. The topological polar surface area (TPSA) is 89.3 Å². The van der Waals surface area contributed by atoms with Gasteiger partial charge in [-0.25, -0.2) is 8.42 Å². The molecular formula is C15H16N2O3S. The van der Waals surface area contributed by atoms with Crippen LogP contribution < -0.4 is 11.1 Å². The number of nitrogen functional groups attached to an aromatic ring is 1. The van der Waals surface area contributed by atoms with E-state index in [2.05, 4.69) is 5.32 Å². The van der Waals surface area contributed by atoms with Gasteiger partial charge in [0.2, 0.25) is 5.91 Å². The summed E-state index contributed by atoms with van der Waals surface area (Å²) in [5, 5.41) is 2.55. The van der Waals surface area contributed by atoms with Crippen LogP contribution in [-0.4, -0.2) is 20.1 Å². The van der Waals surface area contributed by atoms with E-state index in [4.69, 9.17) is 5.73 Å². The van der Waals surface area contributed by atoms with Crippen LogP contribution in [0.25, 0.3) is 0 Å². The van der Waals surface area contributed by atoms with Crippen molar-refractivity contribution in [3.05, 3.63) is 60.2 Å². The summed E-state index contributed by atoms with van der Waals surface area (Å²) < 4.78 is 24.0. The molecule has 0 radical (unpaired) electrons. The Morgan fingerprint density at radius 1 is 1.00 bits per heavy atom. The van der Waals surface area contributed by atoms with Crippen LogP contribution >= 0.6 is 0 Å². The average Bonchev–Trinajstić information content (AvgIpc) is 2.41. The van der Waals surface area contributed by atoms with Crippen molar-refractivity contribution in [2.45, 2.75) is 5.75 Å². The third kappa shape index (κ3) is 4.92. The van der Waals surface area contributed by atoms with Gasteiger partial charge >= 0.3 is 0 Å². The molecule has 0 aliphatic rings. The molecule has 2 aromatic carbocycles. The number of carbonyl (C=O) groups is 1. The number of hydrogen-bond acceptors (Lipinski definition) is 4. The number of benzene rings is 2. The highest BCUT2D eigenvalue weighted by Crippen LogP contribution is 2.11. The summed E-state index contributed by atoms with van der Waals surface area (Å²) in [6.07, 6.45) is 0. The molecule has 0 aliphatic carbocycles. The lowest BCUT2D eigenvalue weighted by Crippen LogP contribution is -2.23. The number of nitrogens with one attached hydrogen (secondary N) is 1. The Hall–Kier alpha value is -2.34. The molecule has 0 aliphatic heterocycles. The van der Waals surface area contributed by atoms with Gasteiger partial charge < -0.3 is 11.1 Å². The first kappa shape index (κ1) is 15.1. The number of hydrogen-bond donors (Lipinski definition) is 2. The molecule has 0 spiro atoms. The second kappa shape index (κ2) is 6.41. The minimum Gasteiger partial charge on any atom is -0.399 e. The van der Waals surface area contributed by atoms with Crippen LogP contribution in [0.4, 0.5) is 11.4 Å². The smallest absolute Gasteiger partial charge is 0.239 e. The van der Waals surface area contributed by atoms with Gasteiger partial charge in [0.25, 0.3) is 0 Å². The summed E-state index contributed by atoms with van der Waals surface area (Å²) in [4.78, 5) is 11.8. The van der Waals surface area contributed by atoms with Gasteiger partial charge in [0.1, 0.15) is 5.75 Å². The second-order valence-electron chi connectivity index (χ2n) is 4.69. The Morgan fingerprint density at radius 2 is 1.62 bits per heavy atom. The summed E-state index contributed by atoms with van der Waals surface area (Å²) >= 11 is 0. The van der Waals surface area contributed by atoms with Gasteiger partial charge in [0, 0.05) is 11.4 Å². The fourth-order valence-corrected chi connectivity index (χ4v) is 3.11. The summed E-state index contributed by atoms with van der Waals surface area (Å²) in [6.45, 7) is 0. The zero-order valence-corrected chi connectivity index (χ0v) is 12.1. The summed E-state index contributed by atoms with van der Waals surface area (Å²) in [5.41, 5.74) is 7.29. The molecule has 0 bridgehead atoms. The van der Waals surface area contributed by atoms with Crippen molar-refractivity contribution in [2.75, 3.05) is 16.8 Å². The van der Waals surface area contributed by atoms with E-state index in [1.807, 2.05) is 6.07 Å². The molecule has 0 heterocycles. The number of anilines is 2. The minimum absolute atomic E-state index is 0.185. The van der Waals surface area contributed by atoms with Gasteiger partial charge in [-0.3, -0.25) is 4.79 Å². The molecule has 0 atom stereocenters. The average molecular weight is 304 g/mol. The van der Waals surface area contributed by atoms with E-state index in [9.17, 15) is 13.2 Å². The molecule has 0 fully saturated rings. The van der Waals surface area contributed by atoms with Crippen molar-refractivity contribution in [3.8, 4) is 0 Å². The Kier molecular flexibility index (Phi) is 4.59. The van der Waals surface area contributed by atoms with Crippen molar-refractivity contribution < 1.29 is 13.2 Å². The number of amides is 1. The van der Waals surface area contributed by atoms with E-state index < -0.39 is 21.5 Å². The van der Waals surface area contributed by atoms with E-state index >= 15 is 0 Å². The van der Waals surface area contributed by atoms with E-state index in [0.29, 0.717) is 16.9 Å². The van der Waals surface area contributed by atoms with Crippen LogP contribution in [-0.2, 0) is 20.4 Å². The van der Waals surface area contributed by atoms with Crippen LogP contribution in [0.1, 0.15) is 5.56 Å². The number of sulfone groups is 1. The molecule has 2 aromatic rings.